The van der Waals surface area contributed by atoms with Crippen LogP contribution >= 0.6 is 0 Å². The number of phenols is 3. The van der Waals surface area contributed by atoms with Gasteiger partial charge in [0.1, 0.15) is 22.7 Å². The third kappa shape index (κ3) is 3.62. The van der Waals surface area contributed by atoms with Crippen molar-refractivity contribution in [2.75, 3.05) is 27.4 Å². The SMILES string of the molecule is COc1cc2oc(-c3ccc(O)c(O)c3)c(O[C@@H]3OCC(O)(CO)[C@@H]3O)c(=O)c2c(O)c1OC. The van der Waals surface area contributed by atoms with E-state index in [1.165, 1.54) is 26.4 Å². The maximum Gasteiger partial charge on any atom is 0.239 e. The molecule has 1 fully saturated rings. The third-order valence-corrected chi connectivity index (χ3v) is 5.51. The summed E-state index contributed by atoms with van der Waals surface area (Å²) in [5.41, 5.74) is -2.98. The highest BCUT2D eigenvalue weighted by Crippen LogP contribution is 2.44. The Kier molecular flexibility index (Phi) is 5.91. The van der Waals surface area contributed by atoms with E-state index < -0.39 is 59.6 Å². The molecule has 0 aliphatic carbocycles. The van der Waals surface area contributed by atoms with Crippen molar-refractivity contribution >= 4 is 11.0 Å². The van der Waals surface area contributed by atoms with E-state index in [0.717, 1.165) is 12.1 Å². The molecule has 1 unspecified atom stereocenters. The van der Waals surface area contributed by atoms with Gasteiger partial charge in [-0.1, -0.05) is 0 Å². The Balaban J connectivity index is 1.97. The van der Waals surface area contributed by atoms with Crippen LogP contribution in [0.3, 0.4) is 0 Å². The van der Waals surface area contributed by atoms with Crippen LogP contribution in [0.1, 0.15) is 0 Å². The van der Waals surface area contributed by atoms with Crippen LogP contribution in [0, 0.1) is 0 Å². The van der Waals surface area contributed by atoms with Gasteiger partial charge >= 0.3 is 0 Å². The van der Waals surface area contributed by atoms with E-state index >= 15 is 0 Å². The fourth-order valence-electron chi connectivity index (χ4n) is 3.60. The molecule has 182 valence electrons. The molecule has 0 bridgehead atoms. The lowest BCUT2D eigenvalue weighted by Gasteiger charge is -2.24. The molecule has 1 saturated heterocycles. The van der Waals surface area contributed by atoms with Crippen molar-refractivity contribution < 1.29 is 54.0 Å². The van der Waals surface area contributed by atoms with Crippen molar-refractivity contribution in [3.05, 3.63) is 34.5 Å². The quantitative estimate of drug-likeness (QED) is 0.268. The van der Waals surface area contributed by atoms with E-state index in [4.69, 9.17) is 23.4 Å². The Labute approximate surface area is 191 Å². The Morgan fingerprint density at radius 3 is 2.41 bits per heavy atom. The molecule has 1 aliphatic rings. The number of phenolic OH excluding ortho intramolecular Hbond substituents is 3. The van der Waals surface area contributed by atoms with E-state index in [-0.39, 0.29) is 33.8 Å². The maximum atomic E-state index is 13.5. The molecule has 0 radical (unpaired) electrons. The summed E-state index contributed by atoms with van der Waals surface area (Å²) in [6.07, 6.45) is -3.34. The molecule has 2 aromatic carbocycles. The third-order valence-electron chi connectivity index (χ3n) is 5.51. The van der Waals surface area contributed by atoms with E-state index in [1.807, 2.05) is 0 Å². The monoisotopic (exact) mass is 478 g/mol. The zero-order valence-electron chi connectivity index (χ0n) is 18.0. The Morgan fingerprint density at radius 2 is 1.82 bits per heavy atom. The van der Waals surface area contributed by atoms with Gasteiger partial charge in [-0.05, 0) is 18.2 Å². The Bertz CT molecular complexity index is 1300. The number of fused-ring (bicyclic) bond motifs is 1. The number of ether oxygens (including phenoxy) is 4. The fraction of sp³-hybridized carbons (Fsp3) is 0.318. The molecule has 3 atom stereocenters. The Morgan fingerprint density at radius 1 is 1.09 bits per heavy atom. The number of hydrogen-bond acceptors (Lipinski definition) is 12. The topological polar surface area (TPSA) is 189 Å². The highest BCUT2D eigenvalue weighted by atomic mass is 16.7. The molecule has 4 rings (SSSR count). The molecule has 0 spiro atoms. The van der Waals surface area contributed by atoms with Gasteiger partial charge in [0.25, 0.3) is 0 Å². The molecule has 3 aromatic rings. The van der Waals surface area contributed by atoms with Crippen LogP contribution in [0.2, 0.25) is 0 Å². The van der Waals surface area contributed by atoms with Crippen molar-refractivity contribution in [2.24, 2.45) is 0 Å². The lowest BCUT2D eigenvalue weighted by Crippen LogP contribution is -2.48. The number of aliphatic hydroxyl groups excluding tert-OH is 2. The van der Waals surface area contributed by atoms with Gasteiger partial charge in [-0.25, -0.2) is 0 Å². The van der Waals surface area contributed by atoms with Crippen LogP contribution in [0.5, 0.6) is 34.5 Å². The number of methoxy groups -OCH3 is 2. The highest BCUT2D eigenvalue weighted by molar-refractivity contribution is 5.91. The largest absolute Gasteiger partial charge is 0.504 e. The van der Waals surface area contributed by atoms with Crippen LogP contribution in [0.4, 0.5) is 0 Å². The molecule has 34 heavy (non-hydrogen) atoms. The van der Waals surface area contributed by atoms with Crippen molar-refractivity contribution in [1.29, 1.82) is 0 Å². The molecule has 12 heteroatoms. The Hall–Kier alpha value is -3.71. The summed E-state index contributed by atoms with van der Waals surface area (Å²) in [4.78, 5) is 13.5. The van der Waals surface area contributed by atoms with Crippen molar-refractivity contribution in [3.63, 3.8) is 0 Å². The summed E-state index contributed by atoms with van der Waals surface area (Å²) in [5.74, 6) is -2.44. The van der Waals surface area contributed by atoms with Crippen molar-refractivity contribution in [3.8, 4) is 45.8 Å². The lowest BCUT2D eigenvalue weighted by molar-refractivity contribution is -0.116. The molecule has 0 amide bonds. The molecule has 2 heterocycles. The van der Waals surface area contributed by atoms with E-state index in [9.17, 15) is 35.4 Å². The number of benzene rings is 2. The van der Waals surface area contributed by atoms with Gasteiger partial charge in [-0.2, -0.15) is 0 Å². The van der Waals surface area contributed by atoms with Gasteiger partial charge in [-0.3, -0.25) is 4.79 Å². The summed E-state index contributed by atoms with van der Waals surface area (Å²) < 4.78 is 27.0. The lowest BCUT2D eigenvalue weighted by atomic mass is 10.0. The first-order valence-corrected chi connectivity index (χ1v) is 9.91. The molecular formula is C22H22O12. The fourth-order valence-corrected chi connectivity index (χ4v) is 3.60. The summed E-state index contributed by atoms with van der Waals surface area (Å²) in [6.45, 7) is -1.32. The van der Waals surface area contributed by atoms with Crippen molar-refractivity contribution in [2.45, 2.75) is 18.0 Å². The first-order chi connectivity index (χ1) is 16.1. The molecule has 6 N–H and O–H groups in total. The average Bonchev–Trinajstić information content (AvgIpc) is 3.11. The van der Waals surface area contributed by atoms with Gasteiger partial charge in [0.2, 0.25) is 23.2 Å². The minimum atomic E-state index is -2.03. The smallest absolute Gasteiger partial charge is 0.239 e. The minimum absolute atomic E-state index is 0.0615. The van der Waals surface area contributed by atoms with Crippen molar-refractivity contribution in [1.82, 2.24) is 0 Å². The predicted molar refractivity (Wildman–Crippen MR) is 114 cm³/mol. The highest BCUT2D eigenvalue weighted by Gasteiger charge is 2.49. The molecular weight excluding hydrogens is 456 g/mol. The standard InChI is InChI=1S/C22H22O12/c1-30-13-6-12-14(15(26)18(13)31-2)16(27)19(34-21-20(28)22(29,7-23)8-32-21)17(33-12)9-3-4-10(24)11(25)5-9/h3-6,20-21,23-26,28-29H,7-8H2,1-2H3/t20-,21+,22?/m1/s1. The second-order valence-electron chi connectivity index (χ2n) is 7.63. The van der Waals surface area contributed by atoms with Crippen LogP contribution in [-0.4, -0.2) is 76.1 Å². The maximum absolute atomic E-state index is 13.5. The normalized spacial score (nSPS) is 22.1. The predicted octanol–water partition coefficient (Wildman–Crippen LogP) is 0.413. The number of aliphatic hydroxyl groups is 3. The second-order valence-corrected chi connectivity index (χ2v) is 7.63. The summed E-state index contributed by atoms with van der Waals surface area (Å²) in [5, 5.41) is 59.9. The summed E-state index contributed by atoms with van der Waals surface area (Å²) in [7, 11) is 2.58. The van der Waals surface area contributed by atoms with Crippen LogP contribution < -0.4 is 19.6 Å². The van der Waals surface area contributed by atoms with E-state index in [0.29, 0.717) is 0 Å². The van der Waals surface area contributed by atoms with Gasteiger partial charge in [0.05, 0.1) is 27.4 Å². The first kappa shape index (κ1) is 23.4. The zero-order chi connectivity index (χ0) is 24.8. The zero-order valence-corrected chi connectivity index (χ0v) is 18.0. The summed E-state index contributed by atoms with van der Waals surface area (Å²) in [6, 6.07) is 4.87. The molecule has 1 aromatic heterocycles. The second kappa shape index (κ2) is 8.57. The van der Waals surface area contributed by atoms with Gasteiger partial charge in [0.15, 0.2) is 28.8 Å². The minimum Gasteiger partial charge on any atom is -0.504 e. The van der Waals surface area contributed by atoms with E-state index in [1.54, 1.807) is 0 Å². The van der Waals surface area contributed by atoms with E-state index in [2.05, 4.69) is 0 Å². The number of hydrogen-bond donors (Lipinski definition) is 6. The van der Waals surface area contributed by atoms with Crippen LogP contribution in [0.15, 0.2) is 33.5 Å². The molecule has 1 aliphatic heterocycles. The van der Waals surface area contributed by atoms with Gasteiger partial charge in [-0.15, -0.1) is 0 Å². The molecule has 0 saturated carbocycles. The van der Waals surface area contributed by atoms with Gasteiger partial charge < -0.3 is 54.0 Å². The number of aromatic hydroxyl groups is 3. The van der Waals surface area contributed by atoms with Crippen LogP contribution in [-0.2, 0) is 4.74 Å². The van der Waals surface area contributed by atoms with Gasteiger partial charge in [0, 0.05) is 11.6 Å². The average molecular weight is 478 g/mol. The summed E-state index contributed by atoms with van der Waals surface area (Å²) >= 11 is 0. The van der Waals surface area contributed by atoms with Crippen LogP contribution in [0.25, 0.3) is 22.3 Å². The first-order valence-electron chi connectivity index (χ1n) is 9.91. The molecule has 12 nitrogen and oxygen atoms in total. The number of rotatable bonds is 6.